The Bertz CT molecular complexity index is 587. The smallest absolute Gasteiger partial charge is 0.252 e. The zero-order valence-corrected chi connectivity index (χ0v) is 10.7. The summed E-state index contributed by atoms with van der Waals surface area (Å²) in [5.41, 5.74) is 2.01. The number of nitriles is 1. The van der Waals surface area contributed by atoms with Crippen LogP contribution in [0.2, 0.25) is 0 Å². The molecule has 2 aromatic rings. The molecule has 0 fully saturated rings. The molecule has 94 valence electrons. The summed E-state index contributed by atoms with van der Waals surface area (Å²) in [7, 11) is 1.90. The first kappa shape index (κ1) is 12.1. The van der Waals surface area contributed by atoms with Crippen molar-refractivity contribution in [2.75, 3.05) is 11.9 Å². The van der Waals surface area contributed by atoms with E-state index in [1.165, 1.54) is 0 Å². The summed E-state index contributed by atoms with van der Waals surface area (Å²) in [4.78, 5) is 3.89. The molecule has 0 radical (unpaired) electrons. The summed E-state index contributed by atoms with van der Waals surface area (Å²) in [6.45, 7) is 5.37. The van der Waals surface area contributed by atoms with Gasteiger partial charge in [0, 0.05) is 19.2 Å². The van der Waals surface area contributed by atoms with Gasteiger partial charge in [-0.15, -0.1) is 5.10 Å². The average Bonchev–Trinajstić information content (AvgIpc) is 2.89. The van der Waals surface area contributed by atoms with E-state index in [-0.39, 0.29) is 5.82 Å². The molecule has 0 aromatic carbocycles. The Morgan fingerprint density at radius 2 is 2.22 bits per heavy atom. The fourth-order valence-electron chi connectivity index (χ4n) is 1.86. The Morgan fingerprint density at radius 3 is 2.83 bits per heavy atom. The zero-order chi connectivity index (χ0) is 13.1. The van der Waals surface area contributed by atoms with Gasteiger partial charge in [-0.1, -0.05) is 0 Å². The number of hydrogen-bond acceptors (Lipinski definition) is 5. The lowest BCUT2D eigenvalue weighted by molar-refractivity contribution is 0.680. The quantitative estimate of drug-likeness (QED) is 0.855. The molecule has 0 aliphatic carbocycles. The van der Waals surface area contributed by atoms with Crippen molar-refractivity contribution in [1.29, 1.82) is 5.26 Å². The predicted molar refractivity (Wildman–Crippen MR) is 65.9 cm³/mol. The molecule has 0 spiro atoms. The molecule has 0 unspecified atom stereocenters. The molecule has 0 bridgehead atoms. The third-order valence-electron chi connectivity index (χ3n) is 2.65. The molecule has 7 nitrogen and oxygen atoms in total. The van der Waals surface area contributed by atoms with Crippen LogP contribution in [0.4, 0.5) is 5.82 Å². The van der Waals surface area contributed by atoms with E-state index in [1.54, 1.807) is 11.0 Å². The normalized spacial score (nSPS) is 10.3. The largest absolute Gasteiger partial charge is 0.370 e. The van der Waals surface area contributed by atoms with E-state index < -0.39 is 0 Å². The molecular formula is C11H15N7. The second-order valence-electron chi connectivity index (χ2n) is 3.94. The number of nitrogens with zero attached hydrogens (tertiary/aromatic N) is 6. The van der Waals surface area contributed by atoms with Crippen molar-refractivity contribution in [3.05, 3.63) is 23.4 Å². The zero-order valence-electron chi connectivity index (χ0n) is 10.7. The summed E-state index contributed by atoms with van der Waals surface area (Å²) >= 11 is 0. The van der Waals surface area contributed by atoms with Crippen LogP contribution in [-0.2, 0) is 13.6 Å². The van der Waals surface area contributed by atoms with Gasteiger partial charge in [0.1, 0.15) is 18.2 Å². The van der Waals surface area contributed by atoms with Gasteiger partial charge in [-0.2, -0.15) is 10.4 Å². The van der Waals surface area contributed by atoms with Crippen LogP contribution >= 0.6 is 0 Å². The third-order valence-corrected chi connectivity index (χ3v) is 2.65. The Kier molecular flexibility index (Phi) is 3.28. The molecule has 2 aromatic heterocycles. The standard InChI is InChI=1S/C11H15N7/c1-4-13-11-9(8(2)15-17(11)3)6-18-7-14-10(5-12)16-18/h7,13H,4,6H2,1-3H3. The first-order valence-corrected chi connectivity index (χ1v) is 5.71. The van der Waals surface area contributed by atoms with Crippen molar-refractivity contribution in [2.24, 2.45) is 7.05 Å². The molecule has 0 aliphatic heterocycles. The molecule has 0 saturated heterocycles. The van der Waals surface area contributed by atoms with E-state index in [9.17, 15) is 0 Å². The number of anilines is 1. The summed E-state index contributed by atoms with van der Waals surface area (Å²) in [5.74, 6) is 1.16. The second-order valence-corrected chi connectivity index (χ2v) is 3.94. The minimum atomic E-state index is 0.182. The maximum Gasteiger partial charge on any atom is 0.252 e. The van der Waals surface area contributed by atoms with E-state index in [1.807, 2.05) is 31.6 Å². The number of rotatable bonds is 4. The molecule has 1 N–H and O–H groups in total. The maximum absolute atomic E-state index is 8.70. The van der Waals surface area contributed by atoms with Crippen LogP contribution in [0.15, 0.2) is 6.33 Å². The molecule has 0 aliphatic rings. The predicted octanol–water partition coefficient (Wildman–Crippen LogP) is 0.672. The third kappa shape index (κ3) is 2.18. The van der Waals surface area contributed by atoms with Gasteiger partial charge in [-0.25, -0.2) is 9.67 Å². The Hall–Kier alpha value is -2.36. The van der Waals surface area contributed by atoms with Crippen molar-refractivity contribution in [3.8, 4) is 6.07 Å². The Balaban J connectivity index is 2.30. The topological polar surface area (TPSA) is 84.3 Å². The van der Waals surface area contributed by atoms with Gasteiger partial charge in [-0.3, -0.25) is 4.68 Å². The summed E-state index contributed by atoms with van der Waals surface area (Å²) in [6.07, 6.45) is 1.56. The van der Waals surface area contributed by atoms with Crippen LogP contribution in [0.3, 0.4) is 0 Å². The van der Waals surface area contributed by atoms with E-state index in [4.69, 9.17) is 5.26 Å². The molecule has 18 heavy (non-hydrogen) atoms. The van der Waals surface area contributed by atoms with Gasteiger partial charge < -0.3 is 5.32 Å². The fraction of sp³-hybridized carbons (Fsp3) is 0.455. The summed E-state index contributed by atoms with van der Waals surface area (Å²) < 4.78 is 3.46. The van der Waals surface area contributed by atoms with Gasteiger partial charge in [0.2, 0.25) is 0 Å². The van der Waals surface area contributed by atoms with Crippen molar-refractivity contribution in [1.82, 2.24) is 24.5 Å². The van der Waals surface area contributed by atoms with Crippen molar-refractivity contribution >= 4 is 5.82 Å². The average molecular weight is 245 g/mol. The van der Waals surface area contributed by atoms with Crippen LogP contribution in [0.25, 0.3) is 0 Å². The highest BCUT2D eigenvalue weighted by atomic mass is 15.3. The van der Waals surface area contributed by atoms with Crippen LogP contribution in [0.1, 0.15) is 24.0 Å². The molecular weight excluding hydrogens is 230 g/mol. The molecule has 2 rings (SSSR count). The van der Waals surface area contributed by atoms with Crippen molar-refractivity contribution in [2.45, 2.75) is 20.4 Å². The van der Waals surface area contributed by atoms with Gasteiger partial charge in [0.15, 0.2) is 0 Å². The minimum Gasteiger partial charge on any atom is -0.370 e. The van der Waals surface area contributed by atoms with Crippen LogP contribution < -0.4 is 5.32 Å². The summed E-state index contributed by atoms with van der Waals surface area (Å²) in [6, 6.07) is 1.91. The maximum atomic E-state index is 8.70. The van der Waals surface area contributed by atoms with Gasteiger partial charge >= 0.3 is 0 Å². The minimum absolute atomic E-state index is 0.182. The van der Waals surface area contributed by atoms with E-state index >= 15 is 0 Å². The molecule has 0 atom stereocenters. The highest BCUT2D eigenvalue weighted by molar-refractivity contribution is 5.47. The molecule has 2 heterocycles. The SMILES string of the molecule is CCNc1c(Cn2cnc(C#N)n2)c(C)nn1C. The number of hydrogen-bond donors (Lipinski definition) is 1. The first-order chi connectivity index (χ1) is 8.65. The van der Waals surface area contributed by atoms with Crippen LogP contribution in [-0.4, -0.2) is 31.1 Å². The second kappa shape index (κ2) is 4.87. The summed E-state index contributed by atoms with van der Waals surface area (Å²) in [5, 5.41) is 20.4. The molecule has 7 heteroatoms. The fourth-order valence-corrected chi connectivity index (χ4v) is 1.86. The number of nitrogens with one attached hydrogen (secondary N) is 1. The van der Waals surface area contributed by atoms with Crippen LogP contribution in [0.5, 0.6) is 0 Å². The van der Waals surface area contributed by atoms with E-state index in [0.29, 0.717) is 6.54 Å². The van der Waals surface area contributed by atoms with Crippen LogP contribution in [0, 0.1) is 18.3 Å². The molecule has 0 saturated carbocycles. The lowest BCUT2D eigenvalue weighted by atomic mass is 10.2. The van der Waals surface area contributed by atoms with Crippen molar-refractivity contribution in [3.63, 3.8) is 0 Å². The first-order valence-electron chi connectivity index (χ1n) is 5.71. The highest BCUT2D eigenvalue weighted by Crippen LogP contribution is 2.19. The highest BCUT2D eigenvalue weighted by Gasteiger charge is 2.13. The van der Waals surface area contributed by atoms with E-state index in [0.717, 1.165) is 23.6 Å². The van der Waals surface area contributed by atoms with Gasteiger partial charge in [0.25, 0.3) is 5.82 Å². The Morgan fingerprint density at radius 1 is 1.44 bits per heavy atom. The van der Waals surface area contributed by atoms with Crippen molar-refractivity contribution < 1.29 is 0 Å². The Labute approximate surface area is 105 Å². The number of aryl methyl sites for hydroxylation is 2. The van der Waals surface area contributed by atoms with Gasteiger partial charge in [0.05, 0.1) is 12.2 Å². The monoisotopic (exact) mass is 245 g/mol. The lowest BCUT2D eigenvalue weighted by Crippen LogP contribution is -2.08. The van der Waals surface area contributed by atoms with E-state index in [2.05, 4.69) is 20.5 Å². The molecule has 0 amide bonds. The lowest BCUT2D eigenvalue weighted by Gasteiger charge is -2.07. The van der Waals surface area contributed by atoms with Gasteiger partial charge in [-0.05, 0) is 13.8 Å². The number of aromatic nitrogens is 5.